The minimum absolute atomic E-state index is 0.0552. The third kappa shape index (κ3) is 4.83. The van der Waals surface area contributed by atoms with E-state index in [-0.39, 0.29) is 12.7 Å². The van der Waals surface area contributed by atoms with Crippen molar-refractivity contribution < 1.29 is 14.4 Å². The fraction of sp³-hybridized carbons (Fsp3) is 0.833. The van der Waals surface area contributed by atoms with Crippen LogP contribution in [0.15, 0.2) is 4.52 Å². The maximum Gasteiger partial charge on any atom is 0.226 e. The molecule has 1 unspecified atom stereocenters. The van der Waals surface area contributed by atoms with E-state index in [1.807, 2.05) is 6.92 Å². The molecule has 0 aromatic carbocycles. The zero-order valence-electron chi connectivity index (χ0n) is 10.7. The maximum absolute atomic E-state index is 8.69. The van der Waals surface area contributed by atoms with Crippen molar-refractivity contribution in [2.45, 2.75) is 52.1 Å². The molecule has 0 saturated heterocycles. The van der Waals surface area contributed by atoms with Crippen molar-refractivity contribution in [3.63, 3.8) is 0 Å². The van der Waals surface area contributed by atoms with E-state index < -0.39 is 0 Å². The number of aliphatic hydroxyl groups excluding tert-OH is 1. The SMILES string of the molecule is CCCC(OCC)c1noc(CCCCO)n1. The van der Waals surface area contributed by atoms with Gasteiger partial charge in [0.1, 0.15) is 6.10 Å². The molecule has 98 valence electrons. The lowest BCUT2D eigenvalue weighted by atomic mass is 10.2. The first kappa shape index (κ1) is 14.1. The lowest BCUT2D eigenvalue weighted by molar-refractivity contribution is 0.0478. The second-order valence-corrected chi connectivity index (χ2v) is 3.96. The maximum atomic E-state index is 8.69. The molecule has 1 atom stereocenters. The normalized spacial score (nSPS) is 12.9. The molecule has 0 fully saturated rings. The predicted octanol–water partition coefficient (Wildman–Crippen LogP) is 2.26. The van der Waals surface area contributed by atoms with Crippen molar-refractivity contribution in [1.29, 1.82) is 0 Å². The Bertz CT molecular complexity index is 296. The van der Waals surface area contributed by atoms with Gasteiger partial charge in [0, 0.05) is 19.6 Å². The molecule has 0 amide bonds. The monoisotopic (exact) mass is 242 g/mol. The summed E-state index contributed by atoms with van der Waals surface area (Å²) in [6, 6.07) is 0. The summed E-state index contributed by atoms with van der Waals surface area (Å²) in [6.45, 7) is 4.93. The molecule has 1 N–H and O–H groups in total. The largest absolute Gasteiger partial charge is 0.396 e. The first-order valence-corrected chi connectivity index (χ1v) is 6.36. The number of aryl methyl sites for hydroxylation is 1. The van der Waals surface area contributed by atoms with Gasteiger partial charge >= 0.3 is 0 Å². The number of rotatable bonds is 9. The summed E-state index contributed by atoms with van der Waals surface area (Å²) in [6.07, 6.45) is 4.23. The second kappa shape index (κ2) is 8.20. The Hall–Kier alpha value is -0.940. The molecular formula is C12H22N2O3. The van der Waals surface area contributed by atoms with E-state index in [1.165, 1.54) is 0 Å². The van der Waals surface area contributed by atoms with E-state index in [1.54, 1.807) is 0 Å². The summed E-state index contributed by atoms with van der Waals surface area (Å²) in [4.78, 5) is 4.34. The third-order valence-electron chi connectivity index (χ3n) is 2.49. The van der Waals surface area contributed by atoms with E-state index in [9.17, 15) is 0 Å². The predicted molar refractivity (Wildman–Crippen MR) is 63.6 cm³/mol. The Morgan fingerprint density at radius 2 is 2.18 bits per heavy atom. The van der Waals surface area contributed by atoms with Gasteiger partial charge in [-0.15, -0.1) is 0 Å². The van der Waals surface area contributed by atoms with Gasteiger partial charge in [-0.3, -0.25) is 0 Å². The van der Waals surface area contributed by atoms with Crippen LogP contribution in [-0.2, 0) is 11.2 Å². The molecule has 5 heteroatoms. The van der Waals surface area contributed by atoms with Crippen molar-refractivity contribution in [3.05, 3.63) is 11.7 Å². The second-order valence-electron chi connectivity index (χ2n) is 3.96. The van der Waals surface area contributed by atoms with Crippen LogP contribution in [-0.4, -0.2) is 28.5 Å². The molecule has 0 aliphatic carbocycles. The van der Waals surface area contributed by atoms with Gasteiger partial charge in [-0.2, -0.15) is 4.98 Å². The lowest BCUT2D eigenvalue weighted by Gasteiger charge is -2.11. The highest BCUT2D eigenvalue weighted by atomic mass is 16.5. The van der Waals surface area contributed by atoms with Crippen molar-refractivity contribution in [3.8, 4) is 0 Å². The Labute approximate surface area is 102 Å². The molecule has 1 heterocycles. The van der Waals surface area contributed by atoms with Crippen LogP contribution < -0.4 is 0 Å². The van der Waals surface area contributed by atoms with Crippen LogP contribution in [0.4, 0.5) is 0 Å². The topological polar surface area (TPSA) is 68.4 Å². The Morgan fingerprint density at radius 3 is 2.82 bits per heavy atom. The van der Waals surface area contributed by atoms with Crippen molar-refractivity contribution in [1.82, 2.24) is 10.1 Å². The van der Waals surface area contributed by atoms with Crippen LogP contribution >= 0.6 is 0 Å². The Balaban J connectivity index is 2.51. The van der Waals surface area contributed by atoms with Crippen LogP contribution in [0, 0.1) is 0 Å². The van der Waals surface area contributed by atoms with Gasteiger partial charge in [-0.25, -0.2) is 0 Å². The van der Waals surface area contributed by atoms with Gasteiger partial charge in [0.2, 0.25) is 11.7 Å². The molecule has 0 aliphatic heterocycles. The van der Waals surface area contributed by atoms with E-state index in [2.05, 4.69) is 17.1 Å². The average Bonchev–Trinajstić information content (AvgIpc) is 2.78. The van der Waals surface area contributed by atoms with Gasteiger partial charge in [0.25, 0.3) is 0 Å². The van der Waals surface area contributed by atoms with Crippen LogP contribution in [0.2, 0.25) is 0 Å². The number of unbranched alkanes of at least 4 members (excludes halogenated alkanes) is 1. The van der Waals surface area contributed by atoms with Gasteiger partial charge in [0.15, 0.2) is 0 Å². The number of aromatic nitrogens is 2. The van der Waals surface area contributed by atoms with Crippen molar-refractivity contribution >= 4 is 0 Å². The highest BCUT2D eigenvalue weighted by Gasteiger charge is 2.17. The van der Waals surface area contributed by atoms with Gasteiger partial charge in [-0.05, 0) is 26.2 Å². The summed E-state index contributed by atoms with van der Waals surface area (Å²) in [5.41, 5.74) is 0. The summed E-state index contributed by atoms with van der Waals surface area (Å²) >= 11 is 0. The highest BCUT2D eigenvalue weighted by Crippen LogP contribution is 2.20. The quantitative estimate of drug-likeness (QED) is 0.673. The number of nitrogens with zero attached hydrogens (tertiary/aromatic N) is 2. The molecule has 0 saturated carbocycles. The molecule has 1 aromatic heterocycles. The lowest BCUT2D eigenvalue weighted by Crippen LogP contribution is -2.06. The molecule has 17 heavy (non-hydrogen) atoms. The van der Waals surface area contributed by atoms with Gasteiger partial charge in [-0.1, -0.05) is 18.5 Å². The summed E-state index contributed by atoms with van der Waals surface area (Å²) in [5.74, 6) is 1.28. The van der Waals surface area contributed by atoms with Crippen molar-refractivity contribution in [2.24, 2.45) is 0 Å². The van der Waals surface area contributed by atoms with E-state index >= 15 is 0 Å². The Morgan fingerprint density at radius 1 is 1.35 bits per heavy atom. The van der Waals surface area contributed by atoms with Crippen LogP contribution in [0.25, 0.3) is 0 Å². The number of ether oxygens (including phenoxy) is 1. The number of aliphatic hydroxyl groups is 1. The summed E-state index contributed by atoms with van der Waals surface area (Å²) < 4.78 is 10.7. The molecule has 1 aromatic rings. The number of hydrogen-bond acceptors (Lipinski definition) is 5. The molecule has 0 bridgehead atoms. The average molecular weight is 242 g/mol. The summed E-state index contributed by atoms with van der Waals surface area (Å²) in [7, 11) is 0. The first-order valence-electron chi connectivity index (χ1n) is 6.36. The van der Waals surface area contributed by atoms with E-state index in [0.717, 1.165) is 32.1 Å². The zero-order valence-corrected chi connectivity index (χ0v) is 10.7. The third-order valence-corrected chi connectivity index (χ3v) is 2.49. The fourth-order valence-corrected chi connectivity index (χ4v) is 1.64. The van der Waals surface area contributed by atoms with Crippen LogP contribution in [0.3, 0.4) is 0 Å². The van der Waals surface area contributed by atoms with E-state index in [0.29, 0.717) is 18.3 Å². The first-order chi connectivity index (χ1) is 8.31. The Kier molecular flexibility index (Phi) is 6.81. The summed E-state index contributed by atoms with van der Waals surface area (Å²) in [5, 5.41) is 12.6. The minimum atomic E-state index is -0.0552. The zero-order chi connectivity index (χ0) is 12.5. The van der Waals surface area contributed by atoms with Crippen LogP contribution in [0.1, 0.15) is 57.3 Å². The number of hydrogen-bond donors (Lipinski definition) is 1. The molecule has 0 spiro atoms. The molecule has 1 rings (SSSR count). The molecule has 5 nitrogen and oxygen atoms in total. The smallest absolute Gasteiger partial charge is 0.226 e. The molecular weight excluding hydrogens is 220 g/mol. The fourth-order valence-electron chi connectivity index (χ4n) is 1.64. The molecule has 0 radical (unpaired) electrons. The van der Waals surface area contributed by atoms with Gasteiger partial charge < -0.3 is 14.4 Å². The minimum Gasteiger partial charge on any atom is -0.396 e. The van der Waals surface area contributed by atoms with E-state index in [4.69, 9.17) is 14.4 Å². The standard InChI is InChI=1S/C12H22N2O3/c1-3-7-10(16-4-2)12-13-11(17-14-12)8-5-6-9-15/h10,15H,3-9H2,1-2H3. The van der Waals surface area contributed by atoms with Crippen molar-refractivity contribution in [2.75, 3.05) is 13.2 Å². The molecule has 0 aliphatic rings. The van der Waals surface area contributed by atoms with Gasteiger partial charge in [0.05, 0.1) is 0 Å². The van der Waals surface area contributed by atoms with Crippen LogP contribution in [0.5, 0.6) is 0 Å². The highest BCUT2D eigenvalue weighted by molar-refractivity contribution is 4.91.